The first kappa shape index (κ1) is 17.3. The van der Waals surface area contributed by atoms with Crippen LogP contribution in [-0.4, -0.2) is 26.4 Å². The standard InChI is InChI=1S/C9H15N3O3S2.ClH/c1-9(2,10)5-12-8(13)6-3-7(16-4-6)17(11,14)15;/h3-4H,5,10H2,1-2H3,(H,12,13)(H2,11,14,15);1H. The normalized spacial score (nSPS) is 11.8. The van der Waals surface area contributed by atoms with Crippen LogP contribution >= 0.6 is 23.7 Å². The van der Waals surface area contributed by atoms with Gasteiger partial charge in [-0.1, -0.05) is 0 Å². The molecule has 1 aromatic rings. The monoisotopic (exact) mass is 313 g/mol. The number of halogens is 1. The molecular weight excluding hydrogens is 298 g/mol. The van der Waals surface area contributed by atoms with Crippen molar-refractivity contribution < 1.29 is 13.2 Å². The quantitative estimate of drug-likeness (QED) is 0.740. The van der Waals surface area contributed by atoms with Crippen LogP contribution in [0.1, 0.15) is 24.2 Å². The van der Waals surface area contributed by atoms with Crippen LogP contribution in [-0.2, 0) is 10.0 Å². The largest absolute Gasteiger partial charge is 0.350 e. The van der Waals surface area contributed by atoms with Gasteiger partial charge in [-0.15, -0.1) is 23.7 Å². The summed E-state index contributed by atoms with van der Waals surface area (Å²) >= 11 is 0.913. The topological polar surface area (TPSA) is 115 Å². The van der Waals surface area contributed by atoms with E-state index < -0.39 is 15.6 Å². The van der Waals surface area contributed by atoms with Crippen LogP contribution in [0.15, 0.2) is 15.7 Å². The second-order valence-electron chi connectivity index (χ2n) is 4.37. The van der Waals surface area contributed by atoms with Crippen molar-refractivity contribution in [1.82, 2.24) is 5.32 Å². The molecule has 1 heterocycles. The van der Waals surface area contributed by atoms with E-state index in [9.17, 15) is 13.2 Å². The first-order chi connectivity index (χ1) is 7.59. The van der Waals surface area contributed by atoms with Gasteiger partial charge >= 0.3 is 0 Å². The van der Waals surface area contributed by atoms with E-state index in [4.69, 9.17) is 10.9 Å². The Morgan fingerprint density at radius 2 is 2.06 bits per heavy atom. The maximum Gasteiger partial charge on any atom is 0.252 e. The summed E-state index contributed by atoms with van der Waals surface area (Å²) in [6, 6.07) is 1.25. The van der Waals surface area contributed by atoms with Gasteiger partial charge in [-0.05, 0) is 19.9 Å². The SMILES string of the molecule is CC(C)(N)CNC(=O)c1csc(S(N)(=O)=O)c1.Cl. The highest BCUT2D eigenvalue weighted by atomic mass is 35.5. The summed E-state index contributed by atoms with van der Waals surface area (Å²) in [6.07, 6.45) is 0. The molecule has 0 aliphatic carbocycles. The number of primary sulfonamides is 1. The molecule has 1 rings (SSSR count). The second kappa shape index (κ2) is 5.98. The number of amides is 1. The molecule has 104 valence electrons. The predicted molar refractivity (Wildman–Crippen MR) is 73.5 cm³/mol. The van der Waals surface area contributed by atoms with Crippen LogP contribution in [0.4, 0.5) is 0 Å². The molecule has 0 aliphatic rings. The molecule has 0 spiro atoms. The number of sulfonamides is 1. The van der Waals surface area contributed by atoms with Gasteiger partial charge in [0.2, 0.25) is 10.0 Å². The average Bonchev–Trinajstić information content (AvgIpc) is 2.60. The molecule has 0 unspecified atom stereocenters. The number of carbonyl (C=O) groups excluding carboxylic acids is 1. The van der Waals surface area contributed by atoms with E-state index >= 15 is 0 Å². The second-order valence-corrected chi connectivity index (χ2v) is 7.07. The Morgan fingerprint density at radius 3 is 2.44 bits per heavy atom. The fourth-order valence-corrected chi connectivity index (χ4v) is 2.58. The van der Waals surface area contributed by atoms with Gasteiger partial charge in [0, 0.05) is 17.5 Å². The lowest BCUT2D eigenvalue weighted by atomic mass is 10.1. The summed E-state index contributed by atoms with van der Waals surface area (Å²) in [6.45, 7) is 3.85. The zero-order chi connectivity index (χ0) is 13.3. The van der Waals surface area contributed by atoms with Crippen LogP contribution in [0.5, 0.6) is 0 Å². The molecule has 1 aromatic heterocycles. The van der Waals surface area contributed by atoms with Gasteiger partial charge in [-0.25, -0.2) is 13.6 Å². The Kier molecular flexibility index (Phi) is 5.76. The summed E-state index contributed by atoms with van der Waals surface area (Å²) in [4.78, 5) is 11.6. The minimum absolute atomic E-state index is 0. The number of hydrogen-bond donors (Lipinski definition) is 3. The molecule has 0 aliphatic heterocycles. The van der Waals surface area contributed by atoms with E-state index in [0.717, 1.165) is 11.3 Å². The smallest absolute Gasteiger partial charge is 0.252 e. The van der Waals surface area contributed by atoms with Crippen LogP contribution in [0.2, 0.25) is 0 Å². The lowest BCUT2D eigenvalue weighted by Crippen LogP contribution is -2.45. The predicted octanol–water partition coefficient (Wildman–Crippen LogP) is 0.284. The summed E-state index contributed by atoms with van der Waals surface area (Å²) in [5.74, 6) is -0.366. The molecule has 0 radical (unpaired) electrons. The summed E-state index contributed by atoms with van der Waals surface area (Å²) in [5.41, 5.74) is 5.46. The van der Waals surface area contributed by atoms with E-state index in [-0.39, 0.29) is 28.1 Å². The van der Waals surface area contributed by atoms with Gasteiger partial charge in [0.25, 0.3) is 5.91 Å². The summed E-state index contributed by atoms with van der Waals surface area (Å²) < 4.78 is 22.0. The Labute approximate surface area is 116 Å². The van der Waals surface area contributed by atoms with Crippen LogP contribution < -0.4 is 16.2 Å². The Hall–Kier alpha value is -0.670. The fraction of sp³-hybridized carbons (Fsp3) is 0.444. The Morgan fingerprint density at radius 1 is 1.50 bits per heavy atom. The molecule has 0 bridgehead atoms. The minimum atomic E-state index is -3.75. The van der Waals surface area contributed by atoms with E-state index in [0.29, 0.717) is 6.54 Å². The van der Waals surface area contributed by atoms with E-state index in [1.54, 1.807) is 13.8 Å². The van der Waals surface area contributed by atoms with Gasteiger partial charge in [-0.3, -0.25) is 4.79 Å². The van der Waals surface area contributed by atoms with E-state index in [2.05, 4.69) is 5.32 Å². The molecule has 0 fully saturated rings. The molecule has 6 nitrogen and oxygen atoms in total. The van der Waals surface area contributed by atoms with E-state index in [1.807, 2.05) is 0 Å². The van der Waals surface area contributed by atoms with Gasteiger partial charge in [0.05, 0.1) is 5.56 Å². The third-order valence-corrected chi connectivity index (χ3v) is 4.21. The summed E-state index contributed by atoms with van der Waals surface area (Å²) in [7, 11) is -3.75. The van der Waals surface area contributed by atoms with Crippen LogP contribution in [0.25, 0.3) is 0 Å². The molecule has 1 amide bonds. The van der Waals surface area contributed by atoms with Crippen molar-refractivity contribution in [3.8, 4) is 0 Å². The number of rotatable bonds is 4. The van der Waals surface area contributed by atoms with Gasteiger partial charge in [0.15, 0.2) is 0 Å². The molecule has 0 atom stereocenters. The molecule has 0 saturated carbocycles. The third-order valence-electron chi connectivity index (χ3n) is 1.82. The first-order valence-corrected chi connectivity index (χ1v) is 7.20. The number of hydrogen-bond acceptors (Lipinski definition) is 5. The molecule has 9 heteroatoms. The highest BCUT2D eigenvalue weighted by Crippen LogP contribution is 2.18. The van der Waals surface area contributed by atoms with Crippen molar-refractivity contribution >= 4 is 39.7 Å². The zero-order valence-corrected chi connectivity index (χ0v) is 12.4. The molecule has 18 heavy (non-hydrogen) atoms. The molecule has 0 saturated heterocycles. The highest BCUT2D eigenvalue weighted by Gasteiger charge is 2.17. The van der Waals surface area contributed by atoms with Crippen molar-refractivity contribution in [2.45, 2.75) is 23.6 Å². The molecular formula is C9H16ClN3O3S2. The van der Waals surface area contributed by atoms with Gasteiger partial charge in [-0.2, -0.15) is 0 Å². The van der Waals surface area contributed by atoms with Crippen LogP contribution in [0, 0.1) is 0 Å². The third kappa shape index (κ3) is 5.32. The fourth-order valence-electron chi connectivity index (χ4n) is 0.995. The maximum atomic E-state index is 11.6. The molecule has 5 N–H and O–H groups in total. The van der Waals surface area contributed by atoms with Crippen molar-refractivity contribution in [2.24, 2.45) is 10.9 Å². The number of thiophene rings is 1. The lowest BCUT2D eigenvalue weighted by Gasteiger charge is -2.18. The summed E-state index contributed by atoms with van der Waals surface area (Å²) in [5, 5.41) is 9.00. The van der Waals surface area contributed by atoms with Crippen molar-refractivity contribution in [3.63, 3.8) is 0 Å². The van der Waals surface area contributed by atoms with Gasteiger partial charge < -0.3 is 11.1 Å². The van der Waals surface area contributed by atoms with Crippen molar-refractivity contribution in [1.29, 1.82) is 0 Å². The van der Waals surface area contributed by atoms with E-state index in [1.165, 1.54) is 11.4 Å². The Bertz CT molecular complexity index is 519. The first-order valence-electron chi connectivity index (χ1n) is 4.78. The lowest BCUT2D eigenvalue weighted by molar-refractivity contribution is 0.0946. The average molecular weight is 314 g/mol. The Balaban J connectivity index is 0.00000289. The number of carbonyl (C=O) groups is 1. The number of nitrogens with two attached hydrogens (primary N) is 2. The minimum Gasteiger partial charge on any atom is -0.350 e. The maximum absolute atomic E-state index is 11.6. The van der Waals surface area contributed by atoms with Gasteiger partial charge in [0.1, 0.15) is 4.21 Å². The zero-order valence-electron chi connectivity index (χ0n) is 9.97. The van der Waals surface area contributed by atoms with Crippen molar-refractivity contribution in [3.05, 3.63) is 17.0 Å². The number of nitrogens with one attached hydrogen (secondary N) is 1. The van der Waals surface area contributed by atoms with Crippen LogP contribution in [0.3, 0.4) is 0 Å². The molecule has 0 aromatic carbocycles. The van der Waals surface area contributed by atoms with Crippen molar-refractivity contribution in [2.75, 3.05) is 6.54 Å². The highest BCUT2D eigenvalue weighted by molar-refractivity contribution is 7.91.